The lowest BCUT2D eigenvalue weighted by Crippen LogP contribution is -2.17. The number of aromatic hydroxyl groups is 1. The number of nitrogens with one attached hydrogen (secondary N) is 1. The van der Waals surface area contributed by atoms with E-state index in [4.69, 9.17) is 16.3 Å². The Balaban J connectivity index is 2.08. The molecule has 114 valence electrons. The number of benzene rings is 2. The lowest BCUT2D eigenvalue weighted by atomic mass is 10.2. The Labute approximate surface area is 146 Å². The van der Waals surface area contributed by atoms with Gasteiger partial charge in [0.05, 0.1) is 16.9 Å². The normalized spacial score (nSPS) is 10.7. The van der Waals surface area contributed by atoms with Gasteiger partial charge < -0.3 is 9.84 Å². The maximum absolute atomic E-state index is 11.9. The Morgan fingerprint density at radius 1 is 1.36 bits per heavy atom. The number of phenolic OH excluding ortho intramolecular Hbond substituents is 1. The van der Waals surface area contributed by atoms with Crippen molar-refractivity contribution in [3.8, 4) is 11.5 Å². The first kappa shape index (κ1) is 16.6. The van der Waals surface area contributed by atoms with Crippen molar-refractivity contribution in [1.29, 1.82) is 0 Å². The van der Waals surface area contributed by atoms with Gasteiger partial charge in [0, 0.05) is 10.6 Å². The minimum Gasteiger partial charge on any atom is -0.504 e. The number of hydrazone groups is 1. The van der Waals surface area contributed by atoms with Crippen LogP contribution in [0.3, 0.4) is 0 Å². The van der Waals surface area contributed by atoms with Crippen LogP contribution in [-0.2, 0) is 0 Å². The molecular weight excluding hydrogens is 419 g/mol. The summed E-state index contributed by atoms with van der Waals surface area (Å²) in [5.74, 6) is 0.0798. The van der Waals surface area contributed by atoms with Crippen LogP contribution in [0, 0.1) is 3.57 Å². The van der Waals surface area contributed by atoms with E-state index in [-0.39, 0.29) is 11.7 Å². The third kappa shape index (κ3) is 4.11. The zero-order chi connectivity index (χ0) is 16.1. The molecule has 0 bridgehead atoms. The van der Waals surface area contributed by atoms with Gasteiger partial charge in [0.1, 0.15) is 0 Å². The van der Waals surface area contributed by atoms with Gasteiger partial charge in [-0.25, -0.2) is 5.43 Å². The average molecular weight is 431 g/mol. The van der Waals surface area contributed by atoms with Crippen molar-refractivity contribution in [1.82, 2.24) is 5.43 Å². The van der Waals surface area contributed by atoms with Crippen molar-refractivity contribution in [3.05, 3.63) is 56.1 Å². The van der Waals surface area contributed by atoms with Crippen molar-refractivity contribution < 1.29 is 14.6 Å². The molecule has 2 rings (SSSR count). The van der Waals surface area contributed by atoms with E-state index in [0.29, 0.717) is 25.5 Å². The molecule has 0 atom stereocenters. The van der Waals surface area contributed by atoms with Gasteiger partial charge in [-0.05, 0) is 64.6 Å². The summed E-state index contributed by atoms with van der Waals surface area (Å²) in [7, 11) is 1.47. The highest BCUT2D eigenvalue weighted by atomic mass is 127. The fourth-order valence-electron chi connectivity index (χ4n) is 1.66. The van der Waals surface area contributed by atoms with Gasteiger partial charge in [0.25, 0.3) is 5.91 Å². The number of methoxy groups -OCH3 is 1. The number of rotatable bonds is 4. The summed E-state index contributed by atoms with van der Waals surface area (Å²) in [5, 5.41) is 14.2. The molecule has 0 aliphatic carbocycles. The Morgan fingerprint density at radius 2 is 2.05 bits per heavy atom. The van der Waals surface area contributed by atoms with Crippen molar-refractivity contribution in [3.63, 3.8) is 0 Å². The topological polar surface area (TPSA) is 70.9 Å². The number of hydrogen-bond acceptors (Lipinski definition) is 4. The SMILES string of the molecule is COc1cc(/C=N\NC(=O)c2ccc(Cl)cc2)cc(I)c1O. The van der Waals surface area contributed by atoms with E-state index in [9.17, 15) is 9.90 Å². The maximum atomic E-state index is 11.9. The molecule has 0 aliphatic heterocycles. The Bertz CT molecular complexity index is 717. The number of carbonyl (C=O) groups excluding carboxylic acids is 1. The quantitative estimate of drug-likeness (QED) is 0.444. The van der Waals surface area contributed by atoms with E-state index in [0.717, 1.165) is 0 Å². The fourth-order valence-corrected chi connectivity index (χ4v) is 2.41. The van der Waals surface area contributed by atoms with E-state index in [2.05, 4.69) is 10.5 Å². The zero-order valence-corrected chi connectivity index (χ0v) is 14.4. The van der Waals surface area contributed by atoms with Crippen LogP contribution < -0.4 is 10.2 Å². The van der Waals surface area contributed by atoms with Crippen molar-refractivity contribution in [2.45, 2.75) is 0 Å². The van der Waals surface area contributed by atoms with Gasteiger partial charge in [-0.3, -0.25) is 4.79 Å². The van der Waals surface area contributed by atoms with Gasteiger partial charge in [0.2, 0.25) is 0 Å². The fraction of sp³-hybridized carbons (Fsp3) is 0.0667. The molecule has 5 nitrogen and oxygen atoms in total. The van der Waals surface area contributed by atoms with E-state index >= 15 is 0 Å². The molecule has 0 spiro atoms. The second-order valence-corrected chi connectivity index (χ2v) is 5.86. The highest BCUT2D eigenvalue weighted by Crippen LogP contribution is 2.31. The molecule has 2 aromatic rings. The van der Waals surface area contributed by atoms with Crippen LogP contribution in [0.2, 0.25) is 5.02 Å². The molecule has 0 saturated carbocycles. The van der Waals surface area contributed by atoms with Gasteiger partial charge >= 0.3 is 0 Å². The van der Waals surface area contributed by atoms with E-state index in [1.165, 1.54) is 13.3 Å². The minimum atomic E-state index is -0.339. The van der Waals surface area contributed by atoms with E-state index in [1.54, 1.807) is 36.4 Å². The molecule has 0 heterocycles. The number of carbonyl (C=O) groups is 1. The molecular formula is C15H12ClIN2O3. The molecule has 1 amide bonds. The van der Waals surface area contributed by atoms with Gasteiger partial charge in [-0.2, -0.15) is 5.10 Å². The van der Waals surface area contributed by atoms with Gasteiger partial charge in [0.15, 0.2) is 11.5 Å². The molecule has 0 saturated heterocycles. The predicted octanol–water partition coefficient (Wildman–Crippen LogP) is 3.42. The van der Waals surface area contributed by atoms with Crippen LogP contribution in [0.25, 0.3) is 0 Å². The summed E-state index contributed by atoms with van der Waals surface area (Å²) in [6.07, 6.45) is 1.47. The molecule has 0 radical (unpaired) electrons. The molecule has 0 aliphatic rings. The highest BCUT2D eigenvalue weighted by Gasteiger charge is 2.08. The molecule has 0 aromatic heterocycles. The highest BCUT2D eigenvalue weighted by molar-refractivity contribution is 14.1. The number of amides is 1. The minimum absolute atomic E-state index is 0.0745. The first-order valence-corrected chi connectivity index (χ1v) is 7.62. The molecule has 2 N–H and O–H groups in total. The van der Waals surface area contributed by atoms with Crippen LogP contribution in [0.5, 0.6) is 11.5 Å². The number of phenols is 1. The second-order valence-electron chi connectivity index (χ2n) is 4.26. The monoisotopic (exact) mass is 430 g/mol. The van der Waals surface area contributed by atoms with E-state index in [1.807, 2.05) is 22.6 Å². The number of nitrogens with zero attached hydrogens (tertiary/aromatic N) is 1. The summed E-state index contributed by atoms with van der Waals surface area (Å²) >= 11 is 7.75. The summed E-state index contributed by atoms with van der Waals surface area (Å²) in [6, 6.07) is 9.83. The molecule has 2 aromatic carbocycles. The first-order valence-electron chi connectivity index (χ1n) is 6.16. The summed E-state index contributed by atoms with van der Waals surface area (Å²) in [6.45, 7) is 0. The lowest BCUT2D eigenvalue weighted by molar-refractivity contribution is 0.0955. The molecule has 0 fully saturated rings. The standard InChI is InChI=1S/C15H12ClIN2O3/c1-22-13-7-9(6-12(17)14(13)20)8-18-19-15(21)10-2-4-11(16)5-3-10/h2-8,20H,1H3,(H,19,21)/b18-8-. The second kappa shape index (κ2) is 7.46. The Kier molecular flexibility index (Phi) is 5.62. The Morgan fingerprint density at radius 3 is 2.68 bits per heavy atom. The smallest absolute Gasteiger partial charge is 0.271 e. The summed E-state index contributed by atoms with van der Waals surface area (Å²) in [4.78, 5) is 11.9. The number of hydrogen-bond donors (Lipinski definition) is 2. The molecule has 0 unspecified atom stereocenters. The van der Waals surface area contributed by atoms with Crippen LogP contribution in [0.15, 0.2) is 41.5 Å². The van der Waals surface area contributed by atoms with Crippen LogP contribution >= 0.6 is 34.2 Å². The molecule has 22 heavy (non-hydrogen) atoms. The maximum Gasteiger partial charge on any atom is 0.271 e. The summed E-state index contributed by atoms with van der Waals surface area (Å²) < 4.78 is 5.69. The first-order chi connectivity index (χ1) is 10.5. The summed E-state index contributed by atoms with van der Waals surface area (Å²) in [5.41, 5.74) is 3.57. The predicted molar refractivity (Wildman–Crippen MR) is 93.9 cm³/mol. The lowest BCUT2D eigenvalue weighted by Gasteiger charge is -2.06. The largest absolute Gasteiger partial charge is 0.504 e. The van der Waals surface area contributed by atoms with Gasteiger partial charge in [-0.15, -0.1) is 0 Å². The zero-order valence-electron chi connectivity index (χ0n) is 11.5. The van der Waals surface area contributed by atoms with Crippen LogP contribution in [0.4, 0.5) is 0 Å². The van der Waals surface area contributed by atoms with Crippen molar-refractivity contribution >= 4 is 46.3 Å². The third-order valence-corrected chi connectivity index (χ3v) is 3.83. The number of halogens is 2. The number of ether oxygens (including phenoxy) is 1. The third-order valence-electron chi connectivity index (χ3n) is 2.76. The van der Waals surface area contributed by atoms with Crippen LogP contribution in [-0.4, -0.2) is 24.3 Å². The van der Waals surface area contributed by atoms with Gasteiger partial charge in [-0.1, -0.05) is 11.6 Å². The molecule has 7 heteroatoms. The average Bonchev–Trinajstić information content (AvgIpc) is 2.51. The Hall–Kier alpha value is -1.80. The van der Waals surface area contributed by atoms with Crippen molar-refractivity contribution in [2.24, 2.45) is 5.10 Å². The van der Waals surface area contributed by atoms with Crippen molar-refractivity contribution in [2.75, 3.05) is 7.11 Å². The van der Waals surface area contributed by atoms with E-state index < -0.39 is 0 Å². The van der Waals surface area contributed by atoms with Crippen LogP contribution in [0.1, 0.15) is 15.9 Å².